The van der Waals surface area contributed by atoms with Gasteiger partial charge in [-0.1, -0.05) is 0 Å². The summed E-state index contributed by atoms with van der Waals surface area (Å²) in [7, 11) is 2.94. The van der Waals surface area contributed by atoms with Crippen molar-refractivity contribution >= 4 is 0 Å². The van der Waals surface area contributed by atoms with Crippen LogP contribution in [0.25, 0.3) is 10.4 Å². The molecule has 0 fully saturated rings. The molecule has 0 N–H and O–H groups in total. The van der Waals surface area contributed by atoms with Gasteiger partial charge in [0, 0.05) is 19.0 Å². The molecule has 7 nitrogen and oxygen atoms in total. The molecule has 0 amide bonds. The van der Waals surface area contributed by atoms with Gasteiger partial charge in [0.1, 0.15) is 0 Å². The maximum atomic E-state index is 8.11. The monoisotopic (exact) mass is 155 g/mol. The molecule has 0 aliphatic heterocycles. The van der Waals surface area contributed by atoms with Crippen LogP contribution in [0.3, 0.4) is 0 Å². The van der Waals surface area contributed by atoms with Crippen molar-refractivity contribution < 1.29 is 0 Å². The minimum atomic E-state index is -1.22. The van der Waals surface area contributed by atoms with Gasteiger partial charge in [-0.25, -0.2) is 0 Å². The minimum Gasteiger partial charge on any atom is -0.195 e. The van der Waals surface area contributed by atoms with E-state index in [2.05, 4.69) is 30.5 Å². The summed E-state index contributed by atoms with van der Waals surface area (Å²) in [6.45, 7) is 1.51. The fourth-order valence-electron chi connectivity index (χ4n) is 0.524. The molecule has 0 aliphatic rings. The quantitative estimate of drug-likeness (QED) is 0.339. The van der Waals surface area contributed by atoms with Gasteiger partial charge in [-0.2, -0.15) is 20.5 Å². The lowest BCUT2D eigenvalue weighted by Crippen LogP contribution is -2.12. The molecule has 0 saturated carbocycles. The molecule has 0 bridgehead atoms. The highest BCUT2D eigenvalue weighted by molar-refractivity contribution is 4.73. The van der Waals surface area contributed by atoms with Crippen molar-refractivity contribution in [2.75, 3.05) is 14.1 Å². The van der Waals surface area contributed by atoms with Crippen molar-refractivity contribution in [2.45, 2.75) is 12.7 Å². The Labute approximate surface area is 63.9 Å². The minimum absolute atomic E-state index is 1.22. The number of azide groups is 1. The van der Waals surface area contributed by atoms with E-state index in [9.17, 15) is 0 Å². The Morgan fingerprint density at radius 1 is 1.18 bits per heavy atom. The van der Waals surface area contributed by atoms with Gasteiger partial charge in [0.25, 0.3) is 5.79 Å². The molecule has 7 heteroatoms. The van der Waals surface area contributed by atoms with Gasteiger partial charge in [0.05, 0.1) is 0 Å². The highest BCUT2D eigenvalue weighted by Gasteiger charge is 2.19. The van der Waals surface area contributed by atoms with Crippen LogP contribution in [0.15, 0.2) is 25.6 Å². The van der Waals surface area contributed by atoms with Crippen LogP contribution in [0.2, 0.25) is 0 Å². The lowest BCUT2D eigenvalue weighted by Gasteiger charge is -2.07. The summed E-state index contributed by atoms with van der Waals surface area (Å²) in [5.41, 5.74) is 8.11. The smallest absolute Gasteiger partial charge is 0.195 e. The fraction of sp³-hybridized carbons (Fsp3) is 1.00. The van der Waals surface area contributed by atoms with Crippen LogP contribution in [0.1, 0.15) is 6.92 Å². The average Bonchev–Trinajstić information content (AvgIpc) is 1.88. The average molecular weight is 155 g/mol. The molecule has 60 valence electrons. The molecule has 11 heavy (non-hydrogen) atoms. The Hall–Kier alpha value is -1.49. The Morgan fingerprint density at radius 3 is 1.91 bits per heavy atom. The number of azo groups is 2. The molecule has 0 aromatic rings. The zero-order valence-corrected chi connectivity index (χ0v) is 6.63. The first-order valence-electron chi connectivity index (χ1n) is 2.87. The van der Waals surface area contributed by atoms with E-state index in [0.29, 0.717) is 0 Å². The summed E-state index contributed by atoms with van der Waals surface area (Å²) in [4.78, 5) is 2.56. The zero-order valence-electron chi connectivity index (χ0n) is 6.63. The third-order valence-electron chi connectivity index (χ3n) is 0.813. The number of nitrogens with zero attached hydrogens (tertiary/aromatic N) is 7. The van der Waals surface area contributed by atoms with Crippen molar-refractivity contribution in [3.05, 3.63) is 10.4 Å². The second kappa shape index (κ2) is 4.35. The first-order chi connectivity index (χ1) is 5.18. The predicted octanol–water partition coefficient (Wildman–Crippen LogP) is 2.13. The number of hydrogen-bond acceptors (Lipinski definition) is 5. The zero-order chi connectivity index (χ0) is 8.74. The molecule has 0 aromatic carbocycles. The van der Waals surface area contributed by atoms with E-state index in [1.807, 2.05) is 0 Å². The third-order valence-corrected chi connectivity index (χ3v) is 0.813. The molecule has 0 rings (SSSR count). The molecule has 0 atom stereocenters. The Morgan fingerprint density at radius 2 is 1.64 bits per heavy atom. The number of hydrogen-bond donors (Lipinski definition) is 0. The molecule has 0 saturated heterocycles. The van der Waals surface area contributed by atoms with E-state index < -0.39 is 5.79 Å². The van der Waals surface area contributed by atoms with Crippen LogP contribution < -0.4 is 0 Å². The summed E-state index contributed by atoms with van der Waals surface area (Å²) in [6, 6.07) is 0. The van der Waals surface area contributed by atoms with Crippen LogP contribution >= 0.6 is 0 Å². The van der Waals surface area contributed by atoms with Crippen molar-refractivity contribution in [1.29, 1.82) is 0 Å². The van der Waals surface area contributed by atoms with E-state index in [1.165, 1.54) is 21.0 Å². The Kier molecular flexibility index (Phi) is 3.76. The largest absolute Gasteiger partial charge is 0.265 e. The van der Waals surface area contributed by atoms with Crippen molar-refractivity contribution in [2.24, 2.45) is 25.6 Å². The van der Waals surface area contributed by atoms with Gasteiger partial charge < -0.3 is 0 Å². The van der Waals surface area contributed by atoms with Gasteiger partial charge >= 0.3 is 0 Å². The highest BCUT2D eigenvalue weighted by Crippen LogP contribution is 2.14. The fourth-order valence-corrected chi connectivity index (χ4v) is 0.524. The molecule has 0 aliphatic carbocycles. The Bertz CT molecular complexity index is 198. The number of rotatable bonds is 3. The third kappa shape index (κ3) is 3.27. The molecular weight excluding hydrogens is 146 g/mol. The molecule has 0 unspecified atom stereocenters. The molecule has 0 radical (unpaired) electrons. The second-order valence-corrected chi connectivity index (χ2v) is 1.76. The van der Waals surface area contributed by atoms with Crippen LogP contribution in [0.4, 0.5) is 0 Å². The maximum absolute atomic E-state index is 8.11. The van der Waals surface area contributed by atoms with E-state index in [1.54, 1.807) is 0 Å². The van der Waals surface area contributed by atoms with Crippen molar-refractivity contribution in [3.8, 4) is 0 Å². The Balaban J connectivity index is 4.64. The standard InChI is InChI=1S/C4H9N7/c1-4(8-6-2,9-7-3)10-11-5/h1-3H3. The van der Waals surface area contributed by atoms with Crippen LogP contribution in [0.5, 0.6) is 0 Å². The van der Waals surface area contributed by atoms with E-state index >= 15 is 0 Å². The molecular formula is C4H9N7. The van der Waals surface area contributed by atoms with Crippen LogP contribution in [-0.2, 0) is 0 Å². The topological polar surface area (TPSA) is 98.2 Å². The lowest BCUT2D eigenvalue weighted by molar-refractivity contribution is 0.463. The predicted molar refractivity (Wildman–Crippen MR) is 39.1 cm³/mol. The van der Waals surface area contributed by atoms with E-state index in [4.69, 9.17) is 5.53 Å². The van der Waals surface area contributed by atoms with Crippen molar-refractivity contribution in [3.63, 3.8) is 0 Å². The van der Waals surface area contributed by atoms with Gasteiger partial charge in [-0.3, -0.25) is 0 Å². The molecule has 0 heterocycles. The SMILES string of the molecule is CN=NC(C)(N=NC)N=[N+]=[N-]. The van der Waals surface area contributed by atoms with Gasteiger partial charge in [-0.15, -0.1) is 0 Å². The summed E-state index contributed by atoms with van der Waals surface area (Å²) < 4.78 is 0. The lowest BCUT2D eigenvalue weighted by atomic mass is 10.5. The van der Waals surface area contributed by atoms with Crippen molar-refractivity contribution in [1.82, 2.24) is 0 Å². The van der Waals surface area contributed by atoms with Gasteiger partial charge in [0.2, 0.25) is 0 Å². The van der Waals surface area contributed by atoms with E-state index in [0.717, 1.165) is 0 Å². The first-order valence-corrected chi connectivity index (χ1v) is 2.87. The summed E-state index contributed by atoms with van der Waals surface area (Å²) in [6.07, 6.45) is 0. The first kappa shape index (κ1) is 9.51. The normalized spacial score (nSPS) is 16.6. The molecule has 0 aromatic heterocycles. The van der Waals surface area contributed by atoms with Gasteiger partial charge in [0.15, 0.2) is 0 Å². The summed E-state index contributed by atoms with van der Waals surface area (Å²) in [5, 5.41) is 17.4. The highest BCUT2D eigenvalue weighted by atomic mass is 15.4. The second-order valence-electron chi connectivity index (χ2n) is 1.76. The summed E-state index contributed by atoms with van der Waals surface area (Å²) >= 11 is 0. The maximum Gasteiger partial charge on any atom is 0.265 e. The van der Waals surface area contributed by atoms with Gasteiger partial charge in [-0.05, 0) is 17.6 Å². The van der Waals surface area contributed by atoms with Crippen LogP contribution in [0, 0.1) is 0 Å². The summed E-state index contributed by atoms with van der Waals surface area (Å²) in [5.74, 6) is -1.22. The van der Waals surface area contributed by atoms with Crippen LogP contribution in [-0.4, -0.2) is 19.9 Å². The molecule has 0 spiro atoms. The van der Waals surface area contributed by atoms with E-state index in [-0.39, 0.29) is 0 Å².